The van der Waals surface area contributed by atoms with E-state index < -0.39 is 18.2 Å². The molecule has 3 fully saturated rings. The fourth-order valence-electron chi connectivity index (χ4n) is 5.84. The van der Waals surface area contributed by atoms with Crippen molar-refractivity contribution in [1.82, 2.24) is 24.8 Å². The van der Waals surface area contributed by atoms with Gasteiger partial charge in [-0.3, -0.25) is 15.1 Å². The molecule has 14 heteroatoms. The van der Waals surface area contributed by atoms with Gasteiger partial charge in [-0.15, -0.1) is 0 Å². The number of nitriles is 1. The Morgan fingerprint density at radius 2 is 1.91 bits per heavy atom. The smallest absolute Gasteiger partial charge is 0.271 e. The van der Waals surface area contributed by atoms with E-state index in [1.54, 1.807) is 25.1 Å². The Balaban J connectivity index is 1.06. The van der Waals surface area contributed by atoms with Crippen molar-refractivity contribution in [2.45, 2.75) is 31.7 Å². The standard InChI is InChI=1S/C33H37FN10O3/c1-21(36)14-28(37)32(45)44-9-8-30(27(34)17-44)47-29-7-2-22(15-23(29)16-35)31-38-20-39-33(41-31)40-24-3-5-25(6-4-24)42-10-12-43(13-11-42)26-18-46-19-26/h2-7,14-15,20,26-27,30,37H,8-13,17-19,36H2,1H3,(H,38,39,40,41). The number of benzene rings is 2. The highest BCUT2D eigenvalue weighted by Crippen LogP contribution is 2.29. The van der Waals surface area contributed by atoms with Gasteiger partial charge < -0.3 is 30.3 Å². The first-order valence-electron chi connectivity index (χ1n) is 15.6. The van der Waals surface area contributed by atoms with E-state index in [0.29, 0.717) is 29.1 Å². The molecule has 3 aliphatic rings. The van der Waals surface area contributed by atoms with Crippen molar-refractivity contribution in [3.05, 3.63) is 66.1 Å². The number of hydrogen-bond acceptors (Lipinski definition) is 12. The van der Waals surface area contributed by atoms with Crippen molar-refractivity contribution < 1.29 is 18.7 Å². The molecule has 2 unspecified atom stereocenters. The van der Waals surface area contributed by atoms with Gasteiger partial charge in [0.2, 0.25) is 5.95 Å². The highest BCUT2D eigenvalue weighted by Gasteiger charge is 2.34. The maximum Gasteiger partial charge on any atom is 0.271 e. The molecule has 4 N–H and O–H groups in total. The van der Waals surface area contributed by atoms with Crippen molar-refractivity contribution in [1.29, 1.82) is 10.7 Å². The van der Waals surface area contributed by atoms with Gasteiger partial charge >= 0.3 is 0 Å². The molecule has 1 aromatic heterocycles. The number of piperazine rings is 1. The number of piperidine rings is 1. The van der Waals surface area contributed by atoms with Gasteiger partial charge in [-0.1, -0.05) is 0 Å². The monoisotopic (exact) mass is 640 g/mol. The summed E-state index contributed by atoms with van der Waals surface area (Å²) in [6, 6.07) is 15.7. The van der Waals surface area contributed by atoms with E-state index in [-0.39, 0.29) is 36.5 Å². The van der Waals surface area contributed by atoms with Gasteiger partial charge in [-0.2, -0.15) is 10.2 Å². The first-order valence-corrected chi connectivity index (χ1v) is 15.6. The van der Waals surface area contributed by atoms with E-state index in [1.807, 2.05) is 12.1 Å². The molecule has 0 aliphatic carbocycles. The fraction of sp³-hybridized carbons (Fsp3) is 0.394. The van der Waals surface area contributed by atoms with E-state index in [1.165, 1.54) is 17.3 Å². The molecule has 0 radical (unpaired) electrons. The summed E-state index contributed by atoms with van der Waals surface area (Å²) in [7, 11) is 0. The zero-order valence-electron chi connectivity index (χ0n) is 26.1. The van der Waals surface area contributed by atoms with E-state index in [0.717, 1.165) is 50.8 Å². The van der Waals surface area contributed by atoms with Crippen LogP contribution in [0.2, 0.25) is 0 Å². The quantitative estimate of drug-likeness (QED) is 0.294. The second kappa shape index (κ2) is 14.1. The SMILES string of the molecule is CC(N)=CC(=N)C(=O)N1CCC(Oc2ccc(-c3ncnc(Nc4ccc(N5CCN(C6COC6)CC5)cc4)n3)cc2C#N)C(F)C1. The average Bonchev–Trinajstić information content (AvgIpc) is 3.05. The van der Waals surface area contributed by atoms with E-state index in [4.69, 9.17) is 20.6 Å². The molecule has 0 bridgehead atoms. The summed E-state index contributed by atoms with van der Waals surface area (Å²) in [5, 5.41) is 21.0. The zero-order chi connectivity index (χ0) is 32.9. The lowest BCUT2D eigenvalue weighted by Gasteiger charge is -2.43. The molecule has 3 saturated heterocycles. The molecule has 2 aromatic carbocycles. The number of carbonyl (C=O) groups excluding carboxylic acids is 1. The van der Waals surface area contributed by atoms with Crippen LogP contribution in [0.1, 0.15) is 18.9 Å². The maximum absolute atomic E-state index is 15.1. The molecule has 0 saturated carbocycles. The van der Waals surface area contributed by atoms with Crippen molar-refractivity contribution in [2.75, 3.05) is 62.7 Å². The molecule has 4 heterocycles. The summed E-state index contributed by atoms with van der Waals surface area (Å²) in [5.41, 5.74) is 8.34. The predicted molar refractivity (Wildman–Crippen MR) is 174 cm³/mol. The number of ether oxygens (including phenoxy) is 2. The lowest BCUT2D eigenvalue weighted by molar-refractivity contribution is -0.127. The number of alkyl halides is 1. The summed E-state index contributed by atoms with van der Waals surface area (Å²) >= 11 is 0. The Morgan fingerprint density at radius 3 is 2.57 bits per heavy atom. The Labute approximate surface area is 272 Å². The number of halogens is 1. The molecule has 2 atom stereocenters. The molecular formula is C33H37FN10O3. The number of nitrogens with zero attached hydrogens (tertiary/aromatic N) is 7. The van der Waals surface area contributed by atoms with Gasteiger partial charge in [0.05, 0.1) is 31.4 Å². The molecule has 6 rings (SSSR count). The number of amides is 1. The van der Waals surface area contributed by atoms with Crippen LogP contribution in [0.25, 0.3) is 11.4 Å². The number of anilines is 3. The van der Waals surface area contributed by atoms with E-state index >= 15 is 4.39 Å². The lowest BCUT2D eigenvalue weighted by Crippen LogP contribution is -2.56. The molecule has 47 heavy (non-hydrogen) atoms. The molecule has 3 aliphatic heterocycles. The number of rotatable bonds is 9. The molecule has 0 spiro atoms. The van der Waals surface area contributed by atoms with Gasteiger partial charge in [0.15, 0.2) is 12.0 Å². The van der Waals surface area contributed by atoms with E-state index in [9.17, 15) is 10.1 Å². The summed E-state index contributed by atoms with van der Waals surface area (Å²) in [4.78, 5) is 31.7. The van der Waals surface area contributed by atoms with Crippen LogP contribution in [0, 0.1) is 16.7 Å². The lowest BCUT2D eigenvalue weighted by atomic mass is 10.0. The Kier molecular flexibility index (Phi) is 9.55. The molecule has 1 amide bonds. The normalized spacial score (nSPS) is 20.7. The summed E-state index contributed by atoms with van der Waals surface area (Å²) in [6.45, 7) is 7.25. The number of allylic oxidation sites excluding steroid dienone is 1. The molecule has 244 valence electrons. The van der Waals surface area contributed by atoms with Gasteiger partial charge in [0.1, 0.15) is 30.0 Å². The Morgan fingerprint density at radius 1 is 1.15 bits per heavy atom. The third kappa shape index (κ3) is 7.48. The molecule has 3 aromatic rings. The highest BCUT2D eigenvalue weighted by atomic mass is 19.1. The Bertz CT molecular complexity index is 1680. The average molecular weight is 641 g/mol. The maximum atomic E-state index is 15.1. The number of likely N-dealkylation sites (tertiary alicyclic amines) is 1. The third-order valence-electron chi connectivity index (χ3n) is 8.52. The van der Waals surface area contributed by atoms with Crippen LogP contribution in [0.15, 0.2) is 60.6 Å². The molecule has 13 nitrogen and oxygen atoms in total. The van der Waals surface area contributed by atoms with Crippen LogP contribution in [0.3, 0.4) is 0 Å². The Hall–Kier alpha value is -5.13. The van der Waals surface area contributed by atoms with Crippen LogP contribution >= 0.6 is 0 Å². The summed E-state index contributed by atoms with van der Waals surface area (Å²) < 4.78 is 26.3. The largest absolute Gasteiger partial charge is 0.486 e. The minimum atomic E-state index is -1.50. The number of aromatic nitrogens is 3. The van der Waals surface area contributed by atoms with Crippen LogP contribution in [-0.2, 0) is 9.53 Å². The third-order valence-corrected chi connectivity index (χ3v) is 8.52. The van der Waals surface area contributed by atoms with Crippen molar-refractivity contribution in [2.24, 2.45) is 5.73 Å². The first-order chi connectivity index (χ1) is 22.8. The second-order valence-corrected chi connectivity index (χ2v) is 11.9. The van der Waals surface area contributed by atoms with Gasteiger partial charge in [0.25, 0.3) is 5.91 Å². The predicted octanol–water partition coefficient (Wildman–Crippen LogP) is 2.87. The number of hydrogen-bond donors (Lipinski definition) is 3. The summed E-state index contributed by atoms with van der Waals surface area (Å²) in [5.74, 6) is 0.343. The fourth-order valence-corrected chi connectivity index (χ4v) is 5.84. The number of carbonyl (C=O) groups is 1. The van der Waals surface area contributed by atoms with Gasteiger partial charge in [-0.25, -0.2) is 14.4 Å². The van der Waals surface area contributed by atoms with Crippen LogP contribution in [0.5, 0.6) is 5.75 Å². The van der Waals surface area contributed by atoms with Crippen molar-refractivity contribution >= 4 is 28.9 Å². The van der Waals surface area contributed by atoms with Gasteiger partial charge in [-0.05, 0) is 55.5 Å². The minimum absolute atomic E-state index is 0.200. The van der Waals surface area contributed by atoms with E-state index in [2.05, 4.69) is 48.3 Å². The molecular weight excluding hydrogens is 603 g/mol. The highest BCUT2D eigenvalue weighted by molar-refractivity contribution is 6.42. The van der Waals surface area contributed by atoms with Crippen LogP contribution < -0.4 is 20.7 Å². The minimum Gasteiger partial charge on any atom is -0.486 e. The summed E-state index contributed by atoms with van der Waals surface area (Å²) in [6.07, 6.45) is 0.490. The first kappa shape index (κ1) is 31.8. The van der Waals surface area contributed by atoms with Crippen molar-refractivity contribution in [3.63, 3.8) is 0 Å². The zero-order valence-corrected chi connectivity index (χ0v) is 26.1. The van der Waals surface area contributed by atoms with Crippen molar-refractivity contribution in [3.8, 4) is 23.2 Å². The van der Waals surface area contributed by atoms with Crippen LogP contribution in [-0.4, -0.2) is 107 Å². The van der Waals surface area contributed by atoms with Gasteiger partial charge in [0, 0.05) is 61.8 Å². The number of nitrogens with one attached hydrogen (secondary N) is 2. The van der Waals surface area contributed by atoms with Crippen LogP contribution in [0.4, 0.5) is 21.7 Å². The second-order valence-electron chi connectivity index (χ2n) is 11.9. The number of nitrogens with two attached hydrogens (primary N) is 1. The topological polar surface area (TPSA) is 170 Å².